The number of rotatable bonds is 7. The molecule has 0 bridgehead atoms. The molecule has 2 aromatic carbocycles. The number of nitrogens with one attached hydrogen (secondary N) is 1. The van der Waals surface area contributed by atoms with Gasteiger partial charge >= 0.3 is 0 Å². The number of amides is 2. The van der Waals surface area contributed by atoms with Gasteiger partial charge in [0.15, 0.2) is 0 Å². The van der Waals surface area contributed by atoms with Gasteiger partial charge in [-0.3, -0.25) is 9.59 Å². The van der Waals surface area contributed by atoms with Gasteiger partial charge in [0, 0.05) is 24.9 Å². The van der Waals surface area contributed by atoms with Crippen LogP contribution < -0.4 is 5.32 Å². The molecule has 4 nitrogen and oxygen atoms in total. The fourth-order valence-electron chi connectivity index (χ4n) is 3.22. The molecule has 2 rings (SSSR count). The number of carbonyl (C=O) groups excluding carboxylic acids is 2. The quantitative estimate of drug-likeness (QED) is 0.780. The van der Waals surface area contributed by atoms with E-state index >= 15 is 0 Å². The number of benzene rings is 2. The summed E-state index contributed by atoms with van der Waals surface area (Å²) in [5.74, 6) is -0.141. The Morgan fingerprint density at radius 1 is 1.00 bits per heavy atom. The molecule has 0 radical (unpaired) electrons. The van der Waals surface area contributed by atoms with Crippen molar-refractivity contribution >= 4 is 11.8 Å². The van der Waals surface area contributed by atoms with Crippen LogP contribution in [-0.4, -0.2) is 28.3 Å². The van der Waals surface area contributed by atoms with E-state index < -0.39 is 6.04 Å². The zero-order valence-corrected chi connectivity index (χ0v) is 17.7. The van der Waals surface area contributed by atoms with Crippen LogP contribution in [-0.2, 0) is 22.6 Å². The Labute approximate surface area is 169 Å². The lowest BCUT2D eigenvalue weighted by molar-refractivity contribution is -0.141. The normalized spacial score (nSPS) is 12.3. The van der Waals surface area contributed by atoms with E-state index in [0.29, 0.717) is 19.4 Å². The van der Waals surface area contributed by atoms with E-state index in [9.17, 15) is 9.59 Å². The highest BCUT2D eigenvalue weighted by molar-refractivity contribution is 5.88. The van der Waals surface area contributed by atoms with Crippen molar-refractivity contribution in [3.8, 4) is 0 Å². The maximum Gasteiger partial charge on any atom is 0.243 e. The first-order chi connectivity index (χ1) is 13.2. The van der Waals surface area contributed by atoms with Gasteiger partial charge in [-0.25, -0.2) is 0 Å². The van der Waals surface area contributed by atoms with Crippen LogP contribution in [0.3, 0.4) is 0 Å². The second-order valence-corrected chi connectivity index (χ2v) is 8.31. The van der Waals surface area contributed by atoms with E-state index in [1.54, 1.807) is 4.90 Å². The molecule has 2 aromatic rings. The molecule has 150 valence electrons. The molecule has 0 aliphatic rings. The topological polar surface area (TPSA) is 49.4 Å². The monoisotopic (exact) mass is 380 g/mol. The summed E-state index contributed by atoms with van der Waals surface area (Å²) in [7, 11) is 0. The minimum absolute atomic E-state index is 0.0218. The lowest BCUT2D eigenvalue weighted by Gasteiger charge is -2.33. The largest absolute Gasteiger partial charge is 0.350 e. The van der Waals surface area contributed by atoms with E-state index in [-0.39, 0.29) is 17.4 Å². The summed E-state index contributed by atoms with van der Waals surface area (Å²) >= 11 is 0. The molecule has 0 saturated heterocycles. The van der Waals surface area contributed by atoms with Crippen molar-refractivity contribution in [1.29, 1.82) is 0 Å². The molecule has 0 unspecified atom stereocenters. The lowest BCUT2D eigenvalue weighted by Crippen LogP contribution is -2.54. The summed E-state index contributed by atoms with van der Waals surface area (Å²) in [5.41, 5.74) is 2.84. The molecule has 0 aliphatic carbocycles. The predicted molar refractivity (Wildman–Crippen MR) is 114 cm³/mol. The van der Waals surface area contributed by atoms with Gasteiger partial charge in [-0.2, -0.15) is 0 Å². The standard InChI is InChI=1S/C24H32N2O2/c1-6-22(27)26(17-20-14-10-11-18(2)15-20)21(23(28)25-24(3,4)5)16-19-12-8-7-9-13-19/h7-15,21H,6,16-17H2,1-5H3,(H,25,28)/t21-/m1/s1. The summed E-state index contributed by atoms with van der Waals surface area (Å²) in [6.45, 7) is 10.2. The van der Waals surface area contributed by atoms with Gasteiger partial charge in [-0.15, -0.1) is 0 Å². The average molecular weight is 381 g/mol. The maximum atomic E-state index is 13.2. The molecule has 0 fully saturated rings. The fourth-order valence-corrected chi connectivity index (χ4v) is 3.22. The number of hydrogen-bond acceptors (Lipinski definition) is 2. The number of hydrogen-bond donors (Lipinski definition) is 1. The molecule has 0 saturated carbocycles. The van der Waals surface area contributed by atoms with Crippen molar-refractivity contribution in [3.05, 3.63) is 71.3 Å². The Hall–Kier alpha value is -2.62. The van der Waals surface area contributed by atoms with Crippen molar-refractivity contribution in [3.63, 3.8) is 0 Å². The molecule has 1 N–H and O–H groups in total. The van der Waals surface area contributed by atoms with Crippen LogP contribution >= 0.6 is 0 Å². The van der Waals surface area contributed by atoms with E-state index in [1.807, 2.05) is 83.1 Å². The summed E-state index contributed by atoms with van der Waals surface area (Å²) < 4.78 is 0. The molecule has 0 aliphatic heterocycles. The van der Waals surface area contributed by atoms with Crippen LogP contribution in [0.25, 0.3) is 0 Å². The minimum atomic E-state index is -0.561. The first kappa shape index (κ1) is 21.7. The van der Waals surface area contributed by atoms with Gasteiger partial charge in [0.1, 0.15) is 6.04 Å². The van der Waals surface area contributed by atoms with Crippen LogP contribution in [0, 0.1) is 6.92 Å². The molecule has 1 atom stereocenters. The third-order valence-electron chi connectivity index (χ3n) is 4.51. The van der Waals surface area contributed by atoms with Gasteiger partial charge in [-0.1, -0.05) is 67.1 Å². The van der Waals surface area contributed by atoms with E-state index in [2.05, 4.69) is 11.4 Å². The van der Waals surface area contributed by atoms with Crippen LogP contribution in [0.1, 0.15) is 50.8 Å². The Morgan fingerprint density at radius 2 is 1.64 bits per heavy atom. The third-order valence-corrected chi connectivity index (χ3v) is 4.51. The van der Waals surface area contributed by atoms with Crippen molar-refractivity contribution in [1.82, 2.24) is 10.2 Å². The smallest absolute Gasteiger partial charge is 0.243 e. The van der Waals surface area contributed by atoms with Gasteiger partial charge in [-0.05, 0) is 38.8 Å². The molecule has 0 heterocycles. The van der Waals surface area contributed by atoms with Gasteiger partial charge in [0.2, 0.25) is 11.8 Å². The predicted octanol–water partition coefficient (Wildman–Crippen LogP) is 4.26. The third kappa shape index (κ3) is 6.52. The Morgan fingerprint density at radius 3 is 2.21 bits per heavy atom. The van der Waals surface area contributed by atoms with Crippen LogP contribution in [0.4, 0.5) is 0 Å². The summed E-state index contributed by atoms with van der Waals surface area (Å²) in [6, 6.07) is 17.4. The SMILES string of the molecule is CCC(=O)N(Cc1cccc(C)c1)[C@H](Cc1ccccc1)C(=O)NC(C)(C)C. The molecular weight excluding hydrogens is 348 g/mol. The van der Waals surface area contributed by atoms with E-state index in [1.165, 1.54) is 0 Å². The summed E-state index contributed by atoms with van der Waals surface area (Å²) in [6.07, 6.45) is 0.847. The van der Waals surface area contributed by atoms with Crippen LogP contribution in [0.2, 0.25) is 0 Å². The highest BCUT2D eigenvalue weighted by Crippen LogP contribution is 2.17. The fraction of sp³-hybridized carbons (Fsp3) is 0.417. The van der Waals surface area contributed by atoms with E-state index in [0.717, 1.165) is 16.7 Å². The molecule has 0 aromatic heterocycles. The second kappa shape index (κ2) is 9.54. The summed E-state index contributed by atoms with van der Waals surface area (Å²) in [4.78, 5) is 27.8. The highest BCUT2D eigenvalue weighted by Gasteiger charge is 2.31. The van der Waals surface area contributed by atoms with Gasteiger partial charge in [0.05, 0.1) is 0 Å². The number of aryl methyl sites for hydroxylation is 1. The zero-order chi connectivity index (χ0) is 20.7. The first-order valence-corrected chi connectivity index (χ1v) is 9.90. The van der Waals surface area contributed by atoms with Crippen molar-refractivity contribution < 1.29 is 9.59 Å². The molecule has 2 amide bonds. The highest BCUT2D eigenvalue weighted by atomic mass is 16.2. The lowest BCUT2D eigenvalue weighted by atomic mass is 10.00. The first-order valence-electron chi connectivity index (χ1n) is 9.90. The maximum absolute atomic E-state index is 13.2. The number of nitrogens with zero attached hydrogens (tertiary/aromatic N) is 1. The van der Waals surface area contributed by atoms with Gasteiger partial charge in [0.25, 0.3) is 0 Å². The Kier molecular flexibility index (Phi) is 7.38. The average Bonchev–Trinajstić information content (AvgIpc) is 2.63. The van der Waals surface area contributed by atoms with E-state index in [4.69, 9.17) is 0 Å². The minimum Gasteiger partial charge on any atom is -0.350 e. The number of carbonyl (C=O) groups is 2. The Bertz CT molecular complexity index is 794. The summed E-state index contributed by atoms with van der Waals surface area (Å²) in [5, 5.41) is 3.06. The zero-order valence-electron chi connectivity index (χ0n) is 17.7. The van der Waals surface area contributed by atoms with Gasteiger partial charge < -0.3 is 10.2 Å². The van der Waals surface area contributed by atoms with Crippen molar-refractivity contribution in [2.45, 2.75) is 65.6 Å². The Balaban J connectivity index is 2.38. The molecule has 4 heteroatoms. The molecule has 28 heavy (non-hydrogen) atoms. The van der Waals surface area contributed by atoms with Crippen molar-refractivity contribution in [2.24, 2.45) is 0 Å². The van der Waals surface area contributed by atoms with Crippen molar-refractivity contribution in [2.75, 3.05) is 0 Å². The molecular formula is C24H32N2O2. The second-order valence-electron chi connectivity index (χ2n) is 8.31. The molecule has 0 spiro atoms. The van der Waals surface area contributed by atoms with Crippen LogP contribution in [0.5, 0.6) is 0 Å². The van der Waals surface area contributed by atoms with Crippen LogP contribution in [0.15, 0.2) is 54.6 Å².